The summed E-state index contributed by atoms with van der Waals surface area (Å²) in [6.07, 6.45) is 4.96. The molecule has 0 unspecified atom stereocenters. The Balaban J connectivity index is 1.62. The quantitative estimate of drug-likeness (QED) is 0.911. The summed E-state index contributed by atoms with van der Waals surface area (Å²) in [5.74, 6) is 0.869. The van der Waals surface area contributed by atoms with E-state index in [1.165, 1.54) is 48.9 Å². The van der Waals surface area contributed by atoms with E-state index in [4.69, 9.17) is 0 Å². The number of likely N-dealkylation sites (tertiary alicyclic amines) is 1. The number of nitrogens with one attached hydrogen (secondary N) is 1. The normalized spacial score (nSPS) is 17.6. The van der Waals surface area contributed by atoms with Crippen LogP contribution in [0.15, 0.2) is 30.5 Å². The average Bonchev–Trinajstić information content (AvgIpc) is 2.83. The third kappa shape index (κ3) is 3.30. The lowest BCUT2D eigenvalue weighted by Gasteiger charge is -2.31. The molecule has 0 radical (unpaired) electrons. The van der Waals surface area contributed by atoms with Gasteiger partial charge in [-0.05, 0) is 56.6 Å². The van der Waals surface area contributed by atoms with Crippen LogP contribution in [0.5, 0.6) is 0 Å². The molecule has 3 nitrogen and oxygen atoms in total. The van der Waals surface area contributed by atoms with Gasteiger partial charge in [0.2, 0.25) is 0 Å². The summed E-state index contributed by atoms with van der Waals surface area (Å²) in [6.45, 7) is 8.04. The Kier molecular flexibility index (Phi) is 4.61. The summed E-state index contributed by atoms with van der Waals surface area (Å²) in [6, 6.07) is 8.73. The van der Waals surface area contributed by atoms with Crippen molar-refractivity contribution in [1.29, 1.82) is 0 Å². The Labute approximate surface area is 127 Å². The van der Waals surface area contributed by atoms with E-state index in [1.54, 1.807) is 0 Å². The molecule has 1 N–H and O–H groups in total. The van der Waals surface area contributed by atoms with Gasteiger partial charge in [-0.1, -0.05) is 25.1 Å². The van der Waals surface area contributed by atoms with Crippen molar-refractivity contribution in [2.24, 2.45) is 13.0 Å². The number of para-hydroxylation sites is 1. The summed E-state index contributed by atoms with van der Waals surface area (Å²) in [5, 5.41) is 4.90. The molecule has 21 heavy (non-hydrogen) atoms. The highest BCUT2D eigenvalue weighted by Gasteiger charge is 2.19. The predicted molar refractivity (Wildman–Crippen MR) is 89.5 cm³/mol. The number of hydrogen-bond acceptors (Lipinski definition) is 2. The molecule has 1 aromatic carbocycles. The minimum atomic E-state index is 0.869. The van der Waals surface area contributed by atoms with Gasteiger partial charge in [-0.2, -0.15) is 0 Å². The molecule has 0 bridgehead atoms. The van der Waals surface area contributed by atoms with Crippen molar-refractivity contribution >= 4 is 10.9 Å². The fraction of sp³-hybridized carbons (Fsp3) is 0.556. The first-order chi connectivity index (χ1) is 10.3. The summed E-state index contributed by atoms with van der Waals surface area (Å²) < 4.78 is 2.25. The maximum Gasteiger partial charge on any atom is 0.0481 e. The van der Waals surface area contributed by atoms with Crippen LogP contribution in [-0.2, 0) is 13.6 Å². The molecule has 1 saturated heterocycles. The maximum absolute atomic E-state index is 3.49. The molecule has 3 heteroatoms. The lowest BCUT2D eigenvalue weighted by molar-refractivity contribution is 0.176. The van der Waals surface area contributed by atoms with Crippen LogP contribution in [0.25, 0.3) is 10.9 Å². The second-order valence-electron chi connectivity index (χ2n) is 6.31. The van der Waals surface area contributed by atoms with Crippen molar-refractivity contribution in [3.63, 3.8) is 0 Å². The zero-order valence-corrected chi connectivity index (χ0v) is 13.3. The minimum Gasteiger partial charge on any atom is -0.350 e. The molecule has 114 valence electrons. The molecule has 1 aliphatic heterocycles. The molecule has 0 aliphatic carbocycles. The average molecular weight is 285 g/mol. The smallest absolute Gasteiger partial charge is 0.0481 e. The molecule has 0 amide bonds. The molecule has 1 aliphatic rings. The lowest BCUT2D eigenvalue weighted by Crippen LogP contribution is -2.36. The lowest BCUT2D eigenvalue weighted by atomic mass is 9.96. The van der Waals surface area contributed by atoms with Crippen molar-refractivity contribution in [2.45, 2.75) is 26.3 Å². The van der Waals surface area contributed by atoms with Crippen LogP contribution < -0.4 is 5.32 Å². The van der Waals surface area contributed by atoms with Gasteiger partial charge < -0.3 is 9.88 Å². The Hall–Kier alpha value is -1.32. The Morgan fingerprint density at radius 1 is 1.19 bits per heavy atom. The Morgan fingerprint density at radius 3 is 2.71 bits per heavy atom. The van der Waals surface area contributed by atoms with Crippen LogP contribution in [0.2, 0.25) is 0 Å². The largest absolute Gasteiger partial charge is 0.350 e. The Morgan fingerprint density at radius 2 is 1.95 bits per heavy atom. The van der Waals surface area contributed by atoms with E-state index in [1.807, 2.05) is 0 Å². The third-order valence-corrected chi connectivity index (χ3v) is 4.76. The summed E-state index contributed by atoms with van der Waals surface area (Å²) >= 11 is 0. The fourth-order valence-electron chi connectivity index (χ4n) is 3.49. The van der Waals surface area contributed by atoms with Crippen LogP contribution in [-0.4, -0.2) is 35.6 Å². The van der Waals surface area contributed by atoms with E-state index < -0.39 is 0 Å². The molecule has 0 atom stereocenters. The van der Waals surface area contributed by atoms with E-state index in [0.717, 1.165) is 19.0 Å². The standard InChI is InChI=1S/C18H27N3/c1-3-19-12-15-8-10-21(11-9-15)14-16-13-20(2)18-7-5-4-6-17(16)18/h4-7,13,15,19H,3,8-12,14H2,1-2H3. The topological polar surface area (TPSA) is 20.2 Å². The predicted octanol–water partition coefficient (Wildman–Crippen LogP) is 3.00. The molecule has 3 rings (SSSR count). The van der Waals surface area contributed by atoms with Gasteiger partial charge in [0.05, 0.1) is 0 Å². The van der Waals surface area contributed by atoms with Gasteiger partial charge in [-0.25, -0.2) is 0 Å². The zero-order valence-electron chi connectivity index (χ0n) is 13.3. The van der Waals surface area contributed by atoms with Crippen molar-refractivity contribution in [3.8, 4) is 0 Å². The van der Waals surface area contributed by atoms with Crippen molar-refractivity contribution in [2.75, 3.05) is 26.2 Å². The summed E-state index contributed by atoms with van der Waals surface area (Å²) in [7, 11) is 2.15. The maximum atomic E-state index is 3.49. The number of aromatic nitrogens is 1. The third-order valence-electron chi connectivity index (χ3n) is 4.76. The zero-order chi connectivity index (χ0) is 14.7. The second-order valence-corrected chi connectivity index (χ2v) is 6.31. The molecule has 0 spiro atoms. The fourth-order valence-corrected chi connectivity index (χ4v) is 3.49. The van der Waals surface area contributed by atoms with Gasteiger partial charge in [0.1, 0.15) is 0 Å². The van der Waals surface area contributed by atoms with Crippen LogP contribution in [0.1, 0.15) is 25.3 Å². The van der Waals surface area contributed by atoms with Crippen LogP contribution in [0.3, 0.4) is 0 Å². The van der Waals surface area contributed by atoms with Gasteiger partial charge >= 0.3 is 0 Å². The summed E-state index contributed by atoms with van der Waals surface area (Å²) in [5.41, 5.74) is 2.81. The highest BCUT2D eigenvalue weighted by Crippen LogP contribution is 2.24. The van der Waals surface area contributed by atoms with Crippen LogP contribution >= 0.6 is 0 Å². The van der Waals surface area contributed by atoms with Gasteiger partial charge in [-0.3, -0.25) is 4.90 Å². The highest BCUT2D eigenvalue weighted by molar-refractivity contribution is 5.83. The van der Waals surface area contributed by atoms with Gasteiger partial charge in [0.15, 0.2) is 0 Å². The van der Waals surface area contributed by atoms with Crippen molar-refractivity contribution in [3.05, 3.63) is 36.0 Å². The monoisotopic (exact) mass is 285 g/mol. The number of nitrogens with zero attached hydrogens (tertiary/aromatic N) is 2. The van der Waals surface area contributed by atoms with Crippen molar-refractivity contribution in [1.82, 2.24) is 14.8 Å². The van der Waals surface area contributed by atoms with Gasteiger partial charge in [0, 0.05) is 30.7 Å². The first-order valence-electron chi connectivity index (χ1n) is 8.24. The number of piperidine rings is 1. The molecule has 2 heterocycles. The summed E-state index contributed by atoms with van der Waals surface area (Å²) in [4.78, 5) is 2.62. The minimum absolute atomic E-state index is 0.869. The number of aryl methyl sites for hydroxylation is 1. The number of rotatable bonds is 5. The number of benzene rings is 1. The molecule has 0 saturated carbocycles. The van der Waals surface area contributed by atoms with E-state index >= 15 is 0 Å². The second kappa shape index (κ2) is 6.63. The van der Waals surface area contributed by atoms with E-state index in [-0.39, 0.29) is 0 Å². The molecule has 2 aromatic rings. The molecular formula is C18H27N3. The Bertz CT molecular complexity index is 579. The number of fused-ring (bicyclic) bond motifs is 1. The molecule has 1 aromatic heterocycles. The van der Waals surface area contributed by atoms with Gasteiger partial charge in [0.25, 0.3) is 0 Å². The van der Waals surface area contributed by atoms with E-state index in [2.05, 4.69) is 59.2 Å². The van der Waals surface area contributed by atoms with E-state index in [0.29, 0.717) is 0 Å². The van der Waals surface area contributed by atoms with Gasteiger partial charge in [-0.15, -0.1) is 0 Å². The highest BCUT2D eigenvalue weighted by atomic mass is 15.1. The van der Waals surface area contributed by atoms with E-state index in [9.17, 15) is 0 Å². The first-order valence-corrected chi connectivity index (χ1v) is 8.24. The van der Waals surface area contributed by atoms with Crippen LogP contribution in [0, 0.1) is 5.92 Å². The first kappa shape index (κ1) is 14.6. The molecular weight excluding hydrogens is 258 g/mol. The number of hydrogen-bond donors (Lipinski definition) is 1. The SMILES string of the molecule is CCNCC1CCN(Cc2cn(C)c3ccccc23)CC1. The molecule has 1 fully saturated rings. The van der Waals surface area contributed by atoms with Crippen LogP contribution in [0.4, 0.5) is 0 Å². The van der Waals surface area contributed by atoms with Crippen molar-refractivity contribution < 1.29 is 0 Å².